The van der Waals surface area contributed by atoms with E-state index in [2.05, 4.69) is 15.6 Å². The molecule has 1 aromatic carbocycles. The van der Waals surface area contributed by atoms with Gasteiger partial charge in [-0.2, -0.15) is 0 Å². The lowest BCUT2D eigenvalue weighted by atomic mass is 9.95. The van der Waals surface area contributed by atoms with Gasteiger partial charge in [-0.25, -0.2) is 4.98 Å². The molecule has 0 atom stereocenters. The maximum absolute atomic E-state index is 13.1. The first-order valence-electron chi connectivity index (χ1n) is 11.5. The van der Waals surface area contributed by atoms with Crippen LogP contribution in [0.4, 0.5) is 5.69 Å². The summed E-state index contributed by atoms with van der Waals surface area (Å²) in [5.74, 6) is -0.650. The van der Waals surface area contributed by atoms with Crippen LogP contribution in [-0.2, 0) is 11.3 Å². The molecular formula is C26H30N4O3. The van der Waals surface area contributed by atoms with E-state index in [0.29, 0.717) is 16.7 Å². The number of nitrogens with zero attached hydrogens (tertiary/aromatic N) is 2. The molecule has 7 heteroatoms. The topological polar surface area (TPSA) is 93.1 Å². The zero-order chi connectivity index (χ0) is 23.5. The highest BCUT2D eigenvalue weighted by Gasteiger charge is 2.20. The zero-order valence-electron chi connectivity index (χ0n) is 19.4. The summed E-state index contributed by atoms with van der Waals surface area (Å²) >= 11 is 0. The van der Waals surface area contributed by atoms with Gasteiger partial charge in [0.05, 0.1) is 5.39 Å². The quantitative estimate of drug-likeness (QED) is 0.619. The van der Waals surface area contributed by atoms with Crippen molar-refractivity contribution >= 4 is 28.5 Å². The Hall–Kier alpha value is -3.48. The number of aryl methyl sites for hydroxylation is 3. The Bertz CT molecular complexity index is 1270. The Kier molecular flexibility index (Phi) is 6.58. The van der Waals surface area contributed by atoms with Crippen LogP contribution in [0.5, 0.6) is 0 Å². The van der Waals surface area contributed by atoms with Crippen molar-refractivity contribution in [3.05, 3.63) is 69.1 Å². The van der Waals surface area contributed by atoms with Crippen LogP contribution >= 0.6 is 0 Å². The van der Waals surface area contributed by atoms with E-state index in [0.717, 1.165) is 42.5 Å². The van der Waals surface area contributed by atoms with Gasteiger partial charge >= 0.3 is 0 Å². The molecule has 1 aliphatic rings. The maximum Gasteiger partial charge on any atom is 0.261 e. The summed E-state index contributed by atoms with van der Waals surface area (Å²) in [7, 11) is 0. The molecule has 0 spiro atoms. The molecule has 0 bridgehead atoms. The number of carbonyl (C=O) groups is 2. The van der Waals surface area contributed by atoms with E-state index < -0.39 is 11.3 Å². The first-order chi connectivity index (χ1) is 15.8. The average Bonchev–Trinajstić information content (AvgIpc) is 2.78. The van der Waals surface area contributed by atoms with E-state index in [1.807, 2.05) is 39.0 Å². The monoisotopic (exact) mass is 446 g/mol. The van der Waals surface area contributed by atoms with Gasteiger partial charge in [0.2, 0.25) is 11.3 Å². The summed E-state index contributed by atoms with van der Waals surface area (Å²) in [6, 6.07) is 9.19. The minimum Gasteiger partial charge on any atom is -0.352 e. The number of fused-ring (bicyclic) bond motifs is 1. The van der Waals surface area contributed by atoms with Crippen LogP contribution in [0.3, 0.4) is 0 Å². The van der Waals surface area contributed by atoms with Crippen LogP contribution in [0.15, 0.2) is 41.3 Å². The largest absolute Gasteiger partial charge is 0.352 e. The summed E-state index contributed by atoms with van der Waals surface area (Å²) in [6.45, 7) is 5.79. The van der Waals surface area contributed by atoms with Gasteiger partial charge in [-0.05, 0) is 69.0 Å². The second-order valence-electron chi connectivity index (χ2n) is 8.98. The second-order valence-corrected chi connectivity index (χ2v) is 8.98. The van der Waals surface area contributed by atoms with Crippen LogP contribution in [0, 0.1) is 20.8 Å². The lowest BCUT2D eigenvalue weighted by Gasteiger charge is -2.23. The fraction of sp³-hybridized carbons (Fsp3) is 0.385. The Morgan fingerprint density at radius 2 is 1.79 bits per heavy atom. The zero-order valence-corrected chi connectivity index (χ0v) is 19.4. The summed E-state index contributed by atoms with van der Waals surface area (Å²) in [6.07, 6.45) is 6.87. The first-order valence-corrected chi connectivity index (χ1v) is 11.5. The molecule has 0 saturated heterocycles. The summed E-state index contributed by atoms with van der Waals surface area (Å²) in [5, 5.41) is 6.23. The van der Waals surface area contributed by atoms with E-state index in [4.69, 9.17) is 0 Å². The number of hydrogen-bond acceptors (Lipinski definition) is 4. The van der Waals surface area contributed by atoms with Gasteiger partial charge < -0.3 is 15.2 Å². The lowest BCUT2D eigenvalue weighted by Crippen LogP contribution is -2.38. The minimum absolute atomic E-state index is 0.00630. The molecule has 1 aliphatic carbocycles. The third-order valence-corrected chi connectivity index (χ3v) is 6.35. The molecule has 33 heavy (non-hydrogen) atoms. The molecule has 0 radical (unpaired) electrons. The standard InChI is InChI=1S/C26H30N4O3/c1-16-9-11-20(13-17(16)2)29-26(33)22-14-30(15-23(31)28-19-7-5-4-6-8-19)25-21(24(22)32)12-10-18(3)27-25/h9-14,19H,4-8,15H2,1-3H3,(H,28,31)(H,29,33). The summed E-state index contributed by atoms with van der Waals surface area (Å²) < 4.78 is 1.61. The number of amides is 2. The maximum atomic E-state index is 13.1. The molecule has 1 fully saturated rings. The normalized spacial score (nSPS) is 14.3. The highest BCUT2D eigenvalue weighted by molar-refractivity contribution is 6.05. The number of pyridine rings is 2. The number of carbonyl (C=O) groups excluding carboxylic acids is 2. The highest BCUT2D eigenvalue weighted by Crippen LogP contribution is 2.18. The highest BCUT2D eigenvalue weighted by atomic mass is 16.2. The summed E-state index contributed by atoms with van der Waals surface area (Å²) in [4.78, 5) is 43.5. The van der Waals surface area contributed by atoms with E-state index in [1.54, 1.807) is 16.7 Å². The number of hydrogen-bond donors (Lipinski definition) is 2. The fourth-order valence-electron chi connectivity index (χ4n) is 4.33. The molecule has 2 N–H and O–H groups in total. The number of anilines is 1. The van der Waals surface area contributed by atoms with Crippen molar-refractivity contribution in [2.24, 2.45) is 0 Å². The van der Waals surface area contributed by atoms with Crippen LogP contribution in [0.1, 0.15) is 59.3 Å². The summed E-state index contributed by atoms with van der Waals surface area (Å²) in [5.41, 5.74) is 3.50. The second kappa shape index (κ2) is 9.57. The number of rotatable bonds is 5. The van der Waals surface area contributed by atoms with Crippen LogP contribution in [0.25, 0.3) is 11.0 Å². The van der Waals surface area contributed by atoms with E-state index >= 15 is 0 Å². The van der Waals surface area contributed by atoms with Crippen LogP contribution in [-0.4, -0.2) is 27.4 Å². The SMILES string of the molecule is Cc1ccc2c(=O)c(C(=O)Nc3ccc(C)c(C)c3)cn(CC(=O)NC3CCCCC3)c2n1. The van der Waals surface area contributed by atoms with Crippen molar-refractivity contribution in [3.8, 4) is 0 Å². The number of benzene rings is 1. The Labute approximate surface area is 193 Å². The molecule has 2 aromatic heterocycles. The molecule has 3 aromatic rings. The van der Waals surface area contributed by atoms with Crippen molar-refractivity contribution in [1.29, 1.82) is 0 Å². The van der Waals surface area contributed by atoms with Gasteiger partial charge in [0.25, 0.3) is 5.91 Å². The van der Waals surface area contributed by atoms with Crippen molar-refractivity contribution in [3.63, 3.8) is 0 Å². The number of nitrogens with one attached hydrogen (secondary N) is 2. The number of aromatic nitrogens is 2. The van der Waals surface area contributed by atoms with E-state index in [9.17, 15) is 14.4 Å². The van der Waals surface area contributed by atoms with E-state index in [-0.39, 0.29) is 24.1 Å². The van der Waals surface area contributed by atoms with Gasteiger partial charge in [0.1, 0.15) is 17.8 Å². The van der Waals surface area contributed by atoms with Crippen LogP contribution in [0.2, 0.25) is 0 Å². The Morgan fingerprint density at radius 1 is 1.03 bits per heavy atom. The van der Waals surface area contributed by atoms with Crippen molar-refractivity contribution in [1.82, 2.24) is 14.9 Å². The average molecular weight is 447 g/mol. The molecule has 2 heterocycles. The van der Waals surface area contributed by atoms with Gasteiger partial charge in [-0.15, -0.1) is 0 Å². The minimum atomic E-state index is -0.507. The molecule has 1 saturated carbocycles. The van der Waals surface area contributed by atoms with Crippen molar-refractivity contribution < 1.29 is 9.59 Å². The first kappa shape index (κ1) is 22.7. The molecule has 7 nitrogen and oxygen atoms in total. The molecule has 0 unspecified atom stereocenters. The molecule has 4 rings (SSSR count). The van der Waals surface area contributed by atoms with Crippen molar-refractivity contribution in [2.75, 3.05) is 5.32 Å². The van der Waals surface area contributed by atoms with Gasteiger partial charge in [-0.3, -0.25) is 14.4 Å². The fourth-order valence-corrected chi connectivity index (χ4v) is 4.33. The third-order valence-electron chi connectivity index (χ3n) is 6.35. The molecular weight excluding hydrogens is 416 g/mol. The van der Waals surface area contributed by atoms with E-state index in [1.165, 1.54) is 12.6 Å². The predicted octanol–water partition coefficient (Wildman–Crippen LogP) is 4.02. The molecule has 172 valence electrons. The van der Waals surface area contributed by atoms with Gasteiger partial charge in [-0.1, -0.05) is 25.3 Å². The van der Waals surface area contributed by atoms with Gasteiger partial charge in [0.15, 0.2) is 0 Å². The Morgan fingerprint density at radius 3 is 2.52 bits per heavy atom. The van der Waals surface area contributed by atoms with Gasteiger partial charge in [0, 0.05) is 23.6 Å². The predicted molar refractivity (Wildman–Crippen MR) is 130 cm³/mol. The van der Waals surface area contributed by atoms with Crippen molar-refractivity contribution in [2.45, 2.75) is 65.5 Å². The third kappa shape index (κ3) is 5.13. The Balaban J connectivity index is 1.66. The van der Waals surface area contributed by atoms with Crippen LogP contribution < -0.4 is 16.1 Å². The lowest BCUT2D eigenvalue weighted by molar-refractivity contribution is -0.122. The smallest absolute Gasteiger partial charge is 0.261 e. The molecule has 0 aliphatic heterocycles. The molecule has 2 amide bonds.